The number of esters is 3. The van der Waals surface area contributed by atoms with Crippen molar-refractivity contribution in [2.24, 2.45) is 0 Å². The maximum Gasteiger partial charge on any atom is 0.306 e. The van der Waals surface area contributed by atoms with Crippen molar-refractivity contribution in [1.82, 2.24) is 0 Å². The van der Waals surface area contributed by atoms with E-state index < -0.39 is 6.10 Å². The fourth-order valence-electron chi connectivity index (χ4n) is 10.0. The van der Waals surface area contributed by atoms with Gasteiger partial charge in [0, 0.05) is 19.3 Å². The van der Waals surface area contributed by atoms with E-state index in [1.54, 1.807) is 0 Å². The van der Waals surface area contributed by atoms with Crippen LogP contribution < -0.4 is 0 Å². The predicted octanol–water partition coefficient (Wildman–Crippen LogP) is 22.2. The standard InChI is InChI=1S/C67H126O6/c1-4-7-10-13-16-19-21-23-25-27-28-29-30-31-32-33-34-35-36-37-38-40-41-43-45-48-51-54-57-60-66(69)72-63-64(62-71-65(68)59-56-53-50-47-18-15-12-9-6-3)73-67(70)61-58-55-52-49-46-44-42-39-26-24-22-20-17-14-11-8-5-2/h21,23,27-28,64H,4-20,22,24-26,29-63H2,1-3H3/b23-21-,28-27-. The summed E-state index contributed by atoms with van der Waals surface area (Å²) >= 11 is 0. The SMILES string of the molecule is CCCCCCC/C=C\C/C=C\CCCCCCCCCCCCCCCCCCCC(=O)OCC(COC(=O)CCCCCCCCCCC)OC(=O)CCCCCCCCCCCCCCCCCCC. The zero-order valence-electron chi connectivity index (χ0n) is 49.4. The van der Waals surface area contributed by atoms with Crippen LogP contribution in [-0.4, -0.2) is 37.2 Å². The number of allylic oxidation sites excluding steroid dienone is 4. The van der Waals surface area contributed by atoms with Crippen LogP contribution in [0.15, 0.2) is 24.3 Å². The molecule has 0 aromatic rings. The first-order chi connectivity index (χ1) is 36.0. The molecule has 73 heavy (non-hydrogen) atoms. The smallest absolute Gasteiger partial charge is 0.306 e. The van der Waals surface area contributed by atoms with E-state index in [0.717, 1.165) is 64.2 Å². The van der Waals surface area contributed by atoms with Gasteiger partial charge < -0.3 is 14.2 Å². The number of unbranched alkanes of at least 4 members (excludes halogenated alkanes) is 46. The van der Waals surface area contributed by atoms with E-state index >= 15 is 0 Å². The lowest BCUT2D eigenvalue weighted by Gasteiger charge is -2.18. The lowest BCUT2D eigenvalue weighted by Crippen LogP contribution is -2.30. The number of hydrogen-bond donors (Lipinski definition) is 0. The van der Waals surface area contributed by atoms with Gasteiger partial charge in [0.25, 0.3) is 0 Å². The Kier molecular flexibility index (Phi) is 60.6. The van der Waals surface area contributed by atoms with Crippen molar-refractivity contribution in [3.05, 3.63) is 24.3 Å². The fraction of sp³-hybridized carbons (Fsp3) is 0.896. The maximum absolute atomic E-state index is 12.9. The maximum atomic E-state index is 12.9. The molecule has 0 spiro atoms. The summed E-state index contributed by atoms with van der Waals surface area (Å²) in [7, 11) is 0. The molecule has 0 aliphatic carbocycles. The Hall–Kier alpha value is -2.11. The predicted molar refractivity (Wildman–Crippen MR) is 316 cm³/mol. The molecule has 0 aliphatic heterocycles. The van der Waals surface area contributed by atoms with Gasteiger partial charge in [-0.2, -0.15) is 0 Å². The van der Waals surface area contributed by atoms with E-state index in [-0.39, 0.29) is 31.1 Å². The van der Waals surface area contributed by atoms with E-state index in [1.165, 1.54) is 263 Å². The average Bonchev–Trinajstić information content (AvgIpc) is 3.39. The normalized spacial score (nSPS) is 12.1. The second kappa shape index (κ2) is 62.4. The minimum Gasteiger partial charge on any atom is -0.462 e. The summed E-state index contributed by atoms with van der Waals surface area (Å²) in [5.74, 6) is -0.840. The van der Waals surface area contributed by atoms with Gasteiger partial charge in [0.2, 0.25) is 0 Å². The highest BCUT2D eigenvalue weighted by Crippen LogP contribution is 2.18. The zero-order chi connectivity index (χ0) is 52.9. The van der Waals surface area contributed by atoms with Crippen LogP contribution in [0.1, 0.15) is 367 Å². The summed E-state index contributed by atoms with van der Waals surface area (Å²) in [6.45, 7) is 6.68. The summed E-state index contributed by atoms with van der Waals surface area (Å²) in [6.07, 6.45) is 74.9. The minimum absolute atomic E-state index is 0.0643. The van der Waals surface area contributed by atoms with Gasteiger partial charge in [0.05, 0.1) is 0 Å². The van der Waals surface area contributed by atoms with Gasteiger partial charge in [-0.1, -0.05) is 321 Å². The van der Waals surface area contributed by atoms with Crippen LogP contribution in [0, 0.1) is 0 Å². The lowest BCUT2D eigenvalue weighted by molar-refractivity contribution is -0.167. The topological polar surface area (TPSA) is 78.9 Å². The molecule has 0 saturated carbocycles. The summed E-state index contributed by atoms with van der Waals surface area (Å²) < 4.78 is 16.9. The monoisotopic (exact) mass is 1030 g/mol. The molecule has 0 rings (SSSR count). The molecule has 0 radical (unpaired) electrons. The third kappa shape index (κ3) is 60.6. The Bertz CT molecular complexity index is 1180. The molecule has 0 heterocycles. The van der Waals surface area contributed by atoms with Crippen molar-refractivity contribution in [3.8, 4) is 0 Å². The van der Waals surface area contributed by atoms with E-state index in [1.807, 2.05) is 0 Å². The van der Waals surface area contributed by atoms with E-state index in [0.29, 0.717) is 19.3 Å². The van der Waals surface area contributed by atoms with Crippen molar-refractivity contribution in [2.75, 3.05) is 13.2 Å². The fourth-order valence-corrected chi connectivity index (χ4v) is 10.0. The summed E-state index contributed by atoms with van der Waals surface area (Å²) in [6, 6.07) is 0. The second-order valence-electron chi connectivity index (χ2n) is 22.4. The van der Waals surface area contributed by atoms with E-state index in [2.05, 4.69) is 45.1 Å². The van der Waals surface area contributed by atoms with Crippen LogP contribution >= 0.6 is 0 Å². The molecule has 0 aliphatic rings. The average molecular weight is 1030 g/mol. The largest absolute Gasteiger partial charge is 0.462 e. The highest BCUT2D eigenvalue weighted by atomic mass is 16.6. The molecular formula is C67H126O6. The Morgan fingerprint density at radius 1 is 0.274 bits per heavy atom. The Labute approximate surface area is 455 Å². The van der Waals surface area contributed by atoms with Crippen LogP contribution in [-0.2, 0) is 28.6 Å². The first-order valence-corrected chi connectivity index (χ1v) is 32.8. The highest BCUT2D eigenvalue weighted by molar-refractivity contribution is 5.71. The number of carbonyl (C=O) groups is 3. The molecule has 0 fully saturated rings. The van der Waals surface area contributed by atoms with Gasteiger partial charge in [0.1, 0.15) is 13.2 Å². The molecule has 0 aromatic carbocycles. The van der Waals surface area contributed by atoms with E-state index in [4.69, 9.17) is 14.2 Å². The quantitative estimate of drug-likeness (QED) is 0.0261. The molecule has 0 amide bonds. The number of ether oxygens (including phenoxy) is 3. The van der Waals surface area contributed by atoms with Gasteiger partial charge in [-0.3, -0.25) is 14.4 Å². The zero-order valence-corrected chi connectivity index (χ0v) is 49.4. The third-order valence-corrected chi connectivity index (χ3v) is 15.0. The molecular weight excluding hydrogens is 901 g/mol. The van der Waals surface area contributed by atoms with Gasteiger partial charge in [-0.05, 0) is 51.4 Å². The molecule has 0 aromatic heterocycles. The van der Waals surface area contributed by atoms with Crippen molar-refractivity contribution in [3.63, 3.8) is 0 Å². The first kappa shape index (κ1) is 70.9. The van der Waals surface area contributed by atoms with Crippen LogP contribution in [0.25, 0.3) is 0 Å². The Morgan fingerprint density at radius 2 is 0.493 bits per heavy atom. The van der Waals surface area contributed by atoms with Crippen molar-refractivity contribution >= 4 is 17.9 Å². The molecule has 6 heteroatoms. The van der Waals surface area contributed by atoms with Gasteiger partial charge in [0.15, 0.2) is 6.10 Å². The molecule has 0 bridgehead atoms. The van der Waals surface area contributed by atoms with E-state index in [9.17, 15) is 14.4 Å². The molecule has 6 nitrogen and oxygen atoms in total. The molecule has 0 N–H and O–H groups in total. The van der Waals surface area contributed by atoms with Gasteiger partial charge in [-0.15, -0.1) is 0 Å². The number of carbonyl (C=O) groups excluding carboxylic acids is 3. The number of hydrogen-bond acceptors (Lipinski definition) is 6. The lowest BCUT2D eigenvalue weighted by atomic mass is 10.0. The summed E-state index contributed by atoms with van der Waals surface area (Å²) in [5.41, 5.74) is 0. The molecule has 430 valence electrons. The minimum atomic E-state index is -0.764. The summed E-state index contributed by atoms with van der Waals surface area (Å²) in [4.78, 5) is 38.2. The van der Waals surface area contributed by atoms with Crippen LogP contribution in [0.5, 0.6) is 0 Å². The molecule has 0 saturated heterocycles. The second-order valence-corrected chi connectivity index (χ2v) is 22.4. The molecule has 1 unspecified atom stereocenters. The van der Waals surface area contributed by atoms with Gasteiger partial charge in [-0.25, -0.2) is 0 Å². The van der Waals surface area contributed by atoms with Crippen LogP contribution in [0.4, 0.5) is 0 Å². The molecule has 1 atom stereocenters. The van der Waals surface area contributed by atoms with Crippen LogP contribution in [0.2, 0.25) is 0 Å². The highest BCUT2D eigenvalue weighted by Gasteiger charge is 2.19. The Morgan fingerprint density at radius 3 is 0.753 bits per heavy atom. The van der Waals surface area contributed by atoms with Crippen molar-refractivity contribution < 1.29 is 28.6 Å². The first-order valence-electron chi connectivity index (χ1n) is 32.8. The number of rotatable bonds is 61. The Balaban J connectivity index is 4.08. The third-order valence-electron chi connectivity index (χ3n) is 15.0. The van der Waals surface area contributed by atoms with Gasteiger partial charge >= 0.3 is 17.9 Å². The van der Waals surface area contributed by atoms with Crippen molar-refractivity contribution in [2.45, 2.75) is 374 Å². The van der Waals surface area contributed by atoms with Crippen molar-refractivity contribution in [1.29, 1.82) is 0 Å². The summed E-state index contributed by atoms with van der Waals surface area (Å²) in [5, 5.41) is 0. The van der Waals surface area contributed by atoms with Crippen LogP contribution in [0.3, 0.4) is 0 Å².